The molecule has 2 rings (SSSR count). The van der Waals surface area contributed by atoms with E-state index in [-0.39, 0.29) is 27.6 Å². The number of nitrogens with one attached hydrogen (secondary N) is 1. The number of halogens is 2. The summed E-state index contributed by atoms with van der Waals surface area (Å²) in [6, 6.07) is 0.363. The molecular formula is C15H23Cl2NO. The number of hydrogen-bond acceptors (Lipinski definition) is 1. The fourth-order valence-electron chi connectivity index (χ4n) is 3.34. The molecule has 0 spiro atoms. The number of rotatable bonds is 3. The molecule has 108 valence electrons. The third kappa shape index (κ3) is 3.66. The second kappa shape index (κ2) is 6.05. The van der Waals surface area contributed by atoms with Gasteiger partial charge in [0.15, 0.2) is 0 Å². The van der Waals surface area contributed by atoms with Crippen molar-refractivity contribution in [3.8, 4) is 0 Å². The molecule has 2 aliphatic carbocycles. The van der Waals surface area contributed by atoms with Gasteiger partial charge in [-0.15, -0.1) is 0 Å². The third-order valence-corrected chi connectivity index (χ3v) is 4.95. The molecule has 0 bridgehead atoms. The van der Waals surface area contributed by atoms with Gasteiger partial charge >= 0.3 is 0 Å². The first-order chi connectivity index (χ1) is 8.93. The molecule has 2 atom stereocenters. The number of allylic oxidation sites excluding steroid dienone is 1. The Morgan fingerprint density at radius 1 is 1.16 bits per heavy atom. The van der Waals surface area contributed by atoms with Crippen molar-refractivity contribution in [3.05, 3.63) is 10.6 Å². The van der Waals surface area contributed by atoms with Crippen molar-refractivity contribution in [1.29, 1.82) is 0 Å². The normalized spacial score (nSPS) is 30.3. The third-order valence-electron chi connectivity index (χ3n) is 4.70. The molecule has 4 heteroatoms. The standard InChI is InChI=1S/C15H23Cl2NO/c1-15(2)11(9-12(16)17)13(15)14(19)18-10-7-5-3-4-6-8-10/h9-11,13H,3-8H2,1-2H3,(H,18,19)/t11-,13+/m0/s1. The summed E-state index contributed by atoms with van der Waals surface area (Å²) < 4.78 is 0.267. The Morgan fingerprint density at radius 2 is 1.74 bits per heavy atom. The Labute approximate surface area is 125 Å². The van der Waals surface area contributed by atoms with Gasteiger partial charge in [-0.2, -0.15) is 0 Å². The van der Waals surface area contributed by atoms with E-state index in [1.54, 1.807) is 6.08 Å². The summed E-state index contributed by atoms with van der Waals surface area (Å²) >= 11 is 11.4. The predicted molar refractivity (Wildman–Crippen MR) is 80.2 cm³/mol. The Morgan fingerprint density at radius 3 is 2.26 bits per heavy atom. The molecule has 1 amide bonds. The molecule has 0 aromatic heterocycles. The highest BCUT2D eigenvalue weighted by Crippen LogP contribution is 2.59. The van der Waals surface area contributed by atoms with Gasteiger partial charge in [0.25, 0.3) is 0 Å². The quantitative estimate of drug-likeness (QED) is 0.768. The summed E-state index contributed by atoms with van der Waals surface area (Å²) in [6.07, 6.45) is 9.11. The van der Waals surface area contributed by atoms with Crippen molar-refractivity contribution >= 4 is 29.1 Å². The number of amides is 1. The van der Waals surface area contributed by atoms with Crippen molar-refractivity contribution in [2.75, 3.05) is 0 Å². The van der Waals surface area contributed by atoms with Crippen LogP contribution in [0.5, 0.6) is 0 Å². The van der Waals surface area contributed by atoms with Crippen LogP contribution in [0, 0.1) is 17.3 Å². The van der Waals surface area contributed by atoms with Gasteiger partial charge < -0.3 is 5.32 Å². The highest BCUT2D eigenvalue weighted by Gasteiger charge is 2.60. The fraction of sp³-hybridized carbons (Fsp3) is 0.800. The molecule has 2 nitrogen and oxygen atoms in total. The van der Waals surface area contributed by atoms with Gasteiger partial charge in [-0.3, -0.25) is 4.79 Å². The van der Waals surface area contributed by atoms with E-state index in [4.69, 9.17) is 23.2 Å². The van der Waals surface area contributed by atoms with Gasteiger partial charge in [0, 0.05) is 6.04 Å². The topological polar surface area (TPSA) is 29.1 Å². The molecule has 0 aliphatic heterocycles. The van der Waals surface area contributed by atoms with Crippen molar-refractivity contribution in [1.82, 2.24) is 5.32 Å². The average Bonchev–Trinajstić information content (AvgIpc) is 2.92. The van der Waals surface area contributed by atoms with Crippen LogP contribution in [0.4, 0.5) is 0 Å². The van der Waals surface area contributed by atoms with Gasteiger partial charge in [0.05, 0.1) is 5.92 Å². The molecule has 0 aromatic carbocycles. The van der Waals surface area contributed by atoms with Crippen LogP contribution in [0.1, 0.15) is 52.4 Å². The van der Waals surface area contributed by atoms with Crippen LogP contribution in [0.3, 0.4) is 0 Å². The molecule has 0 unspecified atom stereocenters. The van der Waals surface area contributed by atoms with Crippen LogP contribution in [-0.2, 0) is 4.79 Å². The van der Waals surface area contributed by atoms with Gasteiger partial charge in [-0.1, -0.05) is 62.7 Å². The first-order valence-electron chi connectivity index (χ1n) is 7.26. The highest BCUT2D eigenvalue weighted by atomic mass is 35.5. The molecule has 1 N–H and O–H groups in total. The first kappa shape index (κ1) is 15.2. The van der Waals surface area contributed by atoms with Gasteiger partial charge in [0.2, 0.25) is 5.91 Å². The van der Waals surface area contributed by atoms with E-state index < -0.39 is 0 Å². The zero-order chi connectivity index (χ0) is 14.0. The minimum Gasteiger partial charge on any atom is -0.353 e. The van der Waals surface area contributed by atoms with Gasteiger partial charge in [-0.25, -0.2) is 0 Å². The predicted octanol–water partition coefficient (Wildman–Crippen LogP) is 4.42. The van der Waals surface area contributed by atoms with E-state index in [9.17, 15) is 4.79 Å². The number of carbonyl (C=O) groups is 1. The lowest BCUT2D eigenvalue weighted by atomic mass is 10.1. The summed E-state index contributed by atoms with van der Waals surface area (Å²) in [6.45, 7) is 4.20. The average molecular weight is 304 g/mol. The molecule has 2 saturated carbocycles. The fourth-order valence-corrected chi connectivity index (χ4v) is 3.61. The summed E-state index contributed by atoms with van der Waals surface area (Å²) in [7, 11) is 0. The molecule has 2 fully saturated rings. The number of hydrogen-bond donors (Lipinski definition) is 1. The van der Waals surface area contributed by atoms with Gasteiger partial charge in [0.1, 0.15) is 4.49 Å². The zero-order valence-electron chi connectivity index (χ0n) is 11.7. The Kier molecular flexibility index (Phi) is 4.84. The molecule has 2 aliphatic rings. The minimum atomic E-state index is -0.0240. The van der Waals surface area contributed by atoms with Crippen molar-refractivity contribution in [2.24, 2.45) is 17.3 Å². The smallest absolute Gasteiger partial charge is 0.224 e. The van der Waals surface area contributed by atoms with Crippen LogP contribution < -0.4 is 5.32 Å². The summed E-state index contributed by atoms with van der Waals surface area (Å²) in [5.74, 6) is 0.360. The Bertz CT molecular complexity index is 366. The van der Waals surface area contributed by atoms with Crippen LogP contribution in [0.15, 0.2) is 10.6 Å². The Balaban J connectivity index is 1.91. The highest BCUT2D eigenvalue weighted by molar-refractivity contribution is 6.55. The molecule has 19 heavy (non-hydrogen) atoms. The maximum atomic E-state index is 12.4. The molecule has 0 aromatic rings. The monoisotopic (exact) mass is 303 g/mol. The van der Waals surface area contributed by atoms with Crippen LogP contribution in [0.25, 0.3) is 0 Å². The zero-order valence-corrected chi connectivity index (χ0v) is 13.2. The molecule has 0 heterocycles. The maximum Gasteiger partial charge on any atom is 0.224 e. The Hall–Kier alpha value is -0.210. The number of carbonyl (C=O) groups excluding carboxylic acids is 1. The van der Waals surface area contributed by atoms with E-state index in [0.29, 0.717) is 6.04 Å². The van der Waals surface area contributed by atoms with Crippen molar-refractivity contribution in [2.45, 2.75) is 58.4 Å². The van der Waals surface area contributed by atoms with Crippen molar-refractivity contribution in [3.63, 3.8) is 0 Å². The lowest BCUT2D eigenvalue weighted by Crippen LogP contribution is -2.36. The van der Waals surface area contributed by atoms with Crippen LogP contribution in [0.2, 0.25) is 0 Å². The second-order valence-electron chi connectivity index (χ2n) is 6.48. The summed E-state index contributed by atoms with van der Waals surface area (Å²) in [5, 5.41) is 3.23. The van der Waals surface area contributed by atoms with Crippen LogP contribution in [-0.4, -0.2) is 11.9 Å². The molecule has 0 saturated heterocycles. The van der Waals surface area contributed by atoms with E-state index in [2.05, 4.69) is 19.2 Å². The van der Waals surface area contributed by atoms with E-state index in [0.717, 1.165) is 12.8 Å². The molecule has 0 radical (unpaired) electrons. The summed E-state index contributed by atoms with van der Waals surface area (Å²) in [5.41, 5.74) is -0.0240. The van der Waals surface area contributed by atoms with Crippen LogP contribution >= 0.6 is 23.2 Å². The SMILES string of the molecule is CC1(C)[C@@H](C=C(Cl)Cl)[C@@H]1C(=O)NC1CCCCCC1. The van der Waals surface area contributed by atoms with Gasteiger partial charge in [-0.05, 0) is 30.3 Å². The minimum absolute atomic E-state index is 0.0169. The van der Waals surface area contributed by atoms with E-state index >= 15 is 0 Å². The lowest BCUT2D eigenvalue weighted by Gasteiger charge is -2.16. The lowest BCUT2D eigenvalue weighted by molar-refractivity contribution is -0.123. The first-order valence-corrected chi connectivity index (χ1v) is 8.01. The molecular weight excluding hydrogens is 281 g/mol. The van der Waals surface area contributed by atoms with E-state index in [1.165, 1.54) is 25.7 Å². The van der Waals surface area contributed by atoms with E-state index in [1.807, 2.05) is 0 Å². The maximum absolute atomic E-state index is 12.4. The second-order valence-corrected chi connectivity index (χ2v) is 7.49. The largest absolute Gasteiger partial charge is 0.353 e. The summed E-state index contributed by atoms with van der Waals surface area (Å²) in [4.78, 5) is 12.4. The van der Waals surface area contributed by atoms with Crippen molar-refractivity contribution < 1.29 is 4.79 Å².